The van der Waals surface area contributed by atoms with Gasteiger partial charge in [-0.1, -0.05) is 66.2 Å². The highest BCUT2D eigenvalue weighted by molar-refractivity contribution is 6.23. The van der Waals surface area contributed by atoms with Gasteiger partial charge < -0.3 is 0 Å². The Morgan fingerprint density at radius 2 is 1.00 bits per heavy atom. The van der Waals surface area contributed by atoms with Gasteiger partial charge in [-0.2, -0.15) is 0 Å². The molecule has 2 amide bonds. The van der Waals surface area contributed by atoms with Crippen LogP contribution in [0, 0.1) is 18.8 Å². The lowest BCUT2D eigenvalue weighted by Gasteiger charge is -2.45. The Bertz CT molecular complexity index is 1030. The standard InChI is InChI=1S/C25H19NO2/c1-14-10-12-15(13-11-14)26-24(27)22-20-16-6-2-3-7-17(16)21(23(22)25(26)28)19-9-5-4-8-18(19)20/h2-13,20-23H,1H3/t20?,21?,22-,23-/m0/s1. The molecule has 4 aliphatic rings. The highest BCUT2D eigenvalue weighted by Crippen LogP contribution is 2.61. The predicted molar refractivity (Wildman–Crippen MR) is 107 cm³/mol. The van der Waals surface area contributed by atoms with Crippen LogP contribution in [0.25, 0.3) is 0 Å². The number of anilines is 1. The average molecular weight is 365 g/mol. The largest absolute Gasteiger partial charge is 0.274 e. The highest BCUT2D eigenvalue weighted by atomic mass is 16.2. The highest BCUT2D eigenvalue weighted by Gasteiger charge is 2.61. The van der Waals surface area contributed by atoms with Gasteiger partial charge in [-0.05, 0) is 41.3 Å². The van der Waals surface area contributed by atoms with Gasteiger partial charge >= 0.3 is 0 Å². The maximum atomic E-state index is 13.6. The van der Waals surface area contributed by atoms with Crippen LogP contribution >= 0.6 is 0 Å². The second-order valence-electron chi connectivity index (χ2n) is 8.11. The van der Waals surface area contributed by atoms with Gasteiger partial charge in [0.1, 0.15) is 0 Å². The molecule has 0 aromatic heterocycles. The maximum Gasteiger partial charge on any atom is 0.238 e. The molecule has 1 aliphatic heterocycles. The van der Waals surface area contributed by atoms with Gasteiger partial charge in [0.25, 0.3) is 0 Å². The fourth-order valence-corrected chi connectivity index (χ4v) is 5.63. The molecule has 136 valence electrons. The minimum absolute atomic E-state index is 0.0469. The third kappa shape index (κ3) is 1.84. The maximum absolute atomic E-state index is 13.6. The first kappa shape index (κ1) is 15.8. The van der Waals surface area contributed by atoms with E-state index >= 15 is 0 Å². The van der Waals surface area contributed by atoms with E-state index in [4.69, 9.17) is 0 Å². The van der Waals surface area contributed by atoms with Gasteiger partial charge in [-0.3, -0.25) is 9.59 Å². The molecule has 0 spiro atoms. The topological polar surface area (TPSA) is 37.4 Å². The van der Waals surface area contributed by atoms with Crippen molar-refractivity contribution in [3.63, 3.8) is 0 Å². The molecule has 1 heterocycles. The van der Waals surface area contributed by atoms with Crippen molar-refractivity contribution in [3.8, 4) is 0 Å². The third-order valence-corrected chi connectivity index (χ3v) is 6.74. The smallest absolute Gasteiger partial charge is 0.238 e. The number of carbonyl (C=O) groups is 2. The van der Waals surface area contributed by atoms with Crippen molar-refractivity contribution in [1.29, 1.82) is 0 Å². The zero-order chi connectivity index (χ0) is 19.0. The minimum atomic E-state index is -0.316. The van der Waals surface area contributed by atoms with Crippen LogP contribution in [0.1, 0.15) is 39.7 Å². The number of hydrogen-bond donors (Lipinski definition) is 0. The zero-order valence-corrected chi connectivity index (χ0v) is 15.5. The van der Waals surface area contributed by atoms with E-state index < -0.39 is 0 Å². The molecule has 1 fully saturated rings. The molecule has 2 atom stereocenters. The predicted octanol–water partition coefficient (Wildman–Crippen LogP) is 4.39. The Kier molecular flexibility index (Phi) is 3.06. The summed E-state index contributed by atoms with van der Waals surface area (Å²) in [4.78, 5) is 28.5. The quantitative estimate of drug-likeness (QED) is 0.600. The van der Waals surface area contributed by atoms with Crippen molar-refractivity contribution in [1.82, 2.24) is 0 Å². The number of imide groups is 1. The van der Waals surface area contributed by atoms with Gasteiger partial charge in [-0.25, -0.2) is 4.90 Å². The van der Waals surface area contributed by atoms with Crippen molar-refractivity contribution in [2.75, 3.05) is 4.90 Å². The molecule has 1 saturated heterocycles. The number of amides is 2. The number of carbonyl (C=O) groups excluding carboxylic acids is 2. The molecule has 28 heavy (non-hydrogen) atoms. The van der Waals surface area contributed by atoms with Crippen LogP contribution in [0.5, 0.6) is 0 Å². The summed E-state index contributed by atoms with van der Waals surface area (Å²) in [6.45, 7) is 2.00. The number of aryl methyl sites for hydroxylation is 1. The second kappa shape index (κ2) is 5.41. The fraction of sp³-hybridized carbons (Fsp3) is 0.200. The molecule has 3 aromatic rings. The number of nitrogens with zero attached hydrogens (tertiary/aromatic N) is 1. The molecular weight excluding hydrogens is 346 g/mol. The van der Waals surface area contributed by atoms with Crippen LogP contribution in [0.3, 0.4) is 0 Å². The van der Waals surface area contributed by atoms with Crippen molar-refractivity contribution in [2.45, 2.75) is 18.8 Å². The first-order valence-corrected chi connectivity index (χ1v) is 9.79. The summed E-state index contributed by atoms with van der Waals surface area (Å²) in [5.74, 6) is -0.841. The summed E-state index contributed by atoms with van der Waals surface area (Å²) in [6, 6.07) is 24.3. The Morgan fingerprint density at radius 3 is 1.39 bits per heavy atom. The molecule has 3 aliphatic carbocycles. The summed E-state index contributed by atoms with van der Waals surface area (Å²) in [6.07, 6.45) is 0. The average Bonchev–Trinajstić information content (AvgIpc) is 3.00. The van der Waals surface area contributed by atoms with Crippen LogP contribution in [0.2, 0.25) is 0 Å². The molecular formula is C25H19NO2. The molecule has 3 nitrogen and oxygen atoms in total. The van der Waals surface area contributed by atoms with E-state index in [1.165, 1.54) is 27.2 Å². The lowest BCUT2D eigenvalue weighted by atomic mass is 9.55. The Morgan fingerprint density at radius 1 is 0.607 bits per heavy atom. The van der Waals surface area contributed by atoms with Crippen LogP contribution in [-0.4, -0.2) is 11.8 Å². The Balaban J connectivity index is 1.57. The lowest BCUT2D eigenvalue weighted by molar-refractivity contribution is -0.122. The van der Waals surface area contributed by atoms with Crippen LogP contribution in [0.15, 0.2) is 72.8 Å². The monoisotopic (exact) mass is 365 g/mol. The van der Waals surface area contributed by atoms with Gasteiger partial charge in [-0.15, -0.1) is 0 Å². The van der Waals surface area contributed by atoms with Crippen molar-refractivity contribution in [2.24, 2.45) is 11.8 Å². The third-order valence-electron chi connectivity index (χ3n) is 6.74. The van der Waals surface area contributed by atoms with Gasteiger partial charge in [0, 0.05) is 11.8 Å². The Hall–Kier alpha value is -3.20. The molecule has 7 rings (SSSR count). The SMILES string of the molecule is Cc1ccc(N2C(=O)[C@H]3C4c5ccccc5C(c5ccccc54)[C@@H]3C2=O)cc1. The van der Waals surface area contributed by atoms with E-state index in [-0.39, 0.29) is 35.5 Å². The van der Waals surface area contributed by atoms with Gasteiger partial charge in [0.15, 0.2) is 0 Å². The summed E-state index contributed by atoms with van der Waals surface area (Å²) < 4.78 is 0. The molecule has 2 bridgehead atoms. The van der Waals surface area contributed by atoms with Crippen molar-refractivity contribution < 1.29 is 9.59 Å². The van der Waals surface area contributed by atoms with E-state index in [0.717, 1.165) is 5.56 Å². The normalized spacial score (nSPS) is 26.8. The Labute approximate surface area is 163 Å². The zero-order valence-electron chi connectivity index (χ0n) is 15.5. The fourth-order valence-electron chi connectivity index (χ4n) is 5.63. The van der Waals surface area contributed by atoms with Crippen molar-refractivity contribution >= 4 is 17.5 Å². The van der Waals surface area contributed by atoms with E-state index in [1.54, 1.807) is 0 Å². The first-order chi connectivity index (χ1) is 13.7. The second-order valence-corrected chi connectivity index (χ2v) is 8.11. The molecule has 0 radical (unpaired) electrons. The molecule has 0 saturated carbocycles. The summed E-state index contributed by atoms with van der Waals surface area (Å²) in [5.41, 5.74) is 6.63. The van der Waals surface area contributed by atoms with Gasteiger partial charge in [0.2, 0.25) is 11.8 Å². The number of hydrogen-bond acceptors (Lipinski definition) is 2. The molecule has 3 heteroatoms. The summed E-state index contributed by atoms with van der Waals surface area (Å²) in [5, 5.41) is 0. The van der Waals surface area contributed by atoms with E-state index in [0.29, 0.717) is 5.69 Å². The van der Waals surface area contributed by atoms with E-state index in [2.05, 4.69) is 24.3 Å². The van der Waals surface area contributed by atoms with Crippen LogP contribution < -0.4 is 4.90 Å². The molecule has 0 N–H and O–H groups in total. The number of benzene rings is 3. The van der Waals surface area contributed by atoms with E-state index in [1.807, 2.05) is 55.5 Å². The first-order valence-electron chi connectivity index (χ1n) is 9.79. The van der Waals surface area contributed by atoms with E-state index in [9.17, 15) is 9.59 Å². The van der Waals surface area contributed by atoms with Crippen LogP contribution in [-0.2, 0) is 9.59 Å². The lowest BCUT2D eigenvalue weighted by Crippen LogP contribution is -2.41. The number of rotatable bonds is 1. The van der Waals surface area contributed by atoms with Gasteiger partial charge in [0.05, 0.1) is 17.5 Å². The summed E-state index contributed by atoms with van der Waals surface area (Å²) in [7, 11) is 0. The molecule has 0 unspecified atom stereocenters. The minimum Gasteiger partial charge on any atom is -0.274 e. The molecule has 3 aromatic carbocycles. The van der Waals surface area contributed by atoms with Crippen molar-refractivity contribution in [3.05, 3.63) is 101 Å². The summed E-state index contributed by atoms with van der Waals surface area (Å²) >= 11 is 0. The van der Waals surface area contributed by atoms with Crippen LogP contribution in [0.4, 0.5) is 5.69 Å².